The number of thiazole rings is 1. The van der Waals surface area contributed by atoms with Gasteiger partial charge in [-0.2, -0.15) is 13.2 Å². The summed E-state index contributed by atoms with van der Waals surface area (Å²) in [5, 5.41) is 0.624. The topological polar surface area (TPSA) is 69.9 Å². The lowest BCUT2D eigenvalue weighted by molar-refractivity contribution is -0.140. The Morgan fingerprint density at radius 2 is 1.72 bits per heavy atom. The molecule has 1 aromatic heterocycles. The Bertz CT molecular complexity index is 1900. The Hall–Kier alpha value is -3.93. The van der Waals surface area contributed by atoms with Crippen LogP contribution in [0.5, 0.6) is 5.75 Å². The summed E-state index contributed by atoms with van der Waals surface area (Å²) >= 11 is 12.9. The number of hydrogen-bond donors (Lipinski definition) is 0. The van der Waals surface area contributed by atoms with Crippen LogP contribution >= 0.6 is 34.5 Å². The maximum absolute atomic E-state index is 14.3. The second kappa shape index (κ2) is 12.4. The van der Waals surface area contributed by atoms with E-state index >= 15 is 0 Å². The van der Waals surface area contributed by atoms with Crippen molar-refractivity contribution in [2.45, 2.75) is 25.7 Å². The molecule has 2 heterocycles. The number of rotatable bonds is 7. The predicted octanol–water partition coefficient (Wildman–Crippen LogP) is 6.37. The first kappa shape index (κ1) is 30.5. The summed E-state index contributed by atoms with van der Waals surface area (Å²) in [6, 6.07) is 14.6. The maximum atomic E-state index is 14.3. The monoisotopic (exact) mass is 650 g/mol. The number of allylic oxidation sites excluding steroid dienone is 1. The average molecular weight is 651 g/mol. The first-order chi connectivity index (χ1) is 20.5. The molecule has 0 aliphatic carbocycles. The quantitative estimate of drug-likeness (QED) is 0.172. The van der Waals surface area contributed by atoms with Crippen molar-refractivity contribution >= 4 is 46.6 Å². The van der Waals surface area contributed by atoms with Gasteiger partial charge in [-0.3, -0.25) is 9.36 Å². The molecular formula is C30H20Cl2F4N2O4S. The highest BCUT2D eigenvalue weighted by atomic mass is 35.5. The van der Waals surface area contributed by atoms with E-state index in [1.54, 1.807) is 24.3 Å². The molecule has 13 heteroatoms. The van der Waals surface area contributed by atoms with Crippen molar-refractivity contribution in [3.8, 4) is 5.75 Å². The largest absolute Gasteiger partial charge is 0.488 e. The van der Waals surface area contributed by atoms with E-state index in [-0.39, 0.29) is 28.1 Å². The number of esters is 1. The highest BCUT2D eigenvalue weighted by molar-refractivity contribution is 7.07. The van der Waals surface area contributed by atoms with E-state index < -0.39 is 40.8 Å². The molecule has 0 bridgehead atoms. The lowest BCUT2D eigenvalue weighted by atomic mass is 9.95. The van der Waals surface area contributed by atoms with Gasteiger partial charge in [-0.05, 0) is 66.6 Å². The molecule has 3 aromatic carbocycles. The number of benzene rings is 3. The minimum atomic E-state index is -5.03. The third-order valence-electron chi connectivity index (χ3n) is 6.35. The molecule has 0 amide bonds. The van der Waals surface area contributed by atoms with Crippen molar-refractivity contribution in [2.24, 2.45) is 4.99 Å². The summed E-state index contributed by atoms with van der Waals surface area (Å²) in [5.74, 6) is -1.33. The number of halogens is 6. The smallest absolute Gasteiger partial charge is 0.434 e. The lowest BCUT2D eigenvalue weighted by Crippen LogP contribution is -2.41. The summed E-state index contributed by atoms with van der Waals surface area (Å²) in [5.41, 5.74) is -1.73. The molecule has 1 aliphatic heterocycles. The normalized spacial score (nSPS) is 15.2. The Morgan fingerprint density at radius 1 is 1.05 bits per heavy atom. The van der Waals surface area contributed by atoms with E-state index in [9.17, 15) is 27.2 Å². The average Bonchev–Trinajstić information content (AvgIpc) is 3.27. The van der Waals surface area contributed by atoms with Gasteiger partial charge >= 0.3 is 12.1 Å². The standard InChI is InChI=1S/C30H20Cl2F4N2O4S/c1-2-41-28(40)24-25(17-5-7-19(31)8-6-17)38-27(39)23(43-29(38)37-26(24)30(34,35)36)14-18-13-20(32)9-12-22(18)42-15-16-3-10-21(33)11-4-16/h3-14,25H,2,15H2,1H3/b23-14-/t25-/m1/s1. The van der Waals surface area contributed by atoms with Gasteiger partial charge in [0.2, 0.25) is 0 Å². The molecule has 0 unspecified atom stereocenters. The fraction of sp³-hybridized carbons (Fsp3) is 0.167. The van der Waals surface area contributed by atoms with Crippen LogP contribution in [0.2, 0.25) is 10.0 Å². The van der Waals surface area contributed by atoms with Gasteiger partial charge in [0.05, 0.1) is 22.8 Å². The maximum Gasteiger partial charge on any atom is 0.434 e. The minimum absolute atomic E-state index is 0.0123. The van der Waals surface area contributed by atoms with Gasteiger partial charge in [-0.15, -0.1) is 0 Å². The van der Waals surface area contributed by atoms with Crippen LogP contribution < -0.4 is 19.6 Å². The molecule has 0 N–H and O–H groups in total. The third kappa shape index (κ3) is 6.53. The molecule has 0 saturated heterocycles. The first-order valence-corrected chi connectivity index (χ1v) is 14.3. The van der Waals surface area contributed by atoms with Gasteiger partial charge in [-0.25, -0.2) is 14.2 Å². The second-order valence-electron chi connectivity index (χ2n) is 9.21. The number of carbonyl (C=O) groups excluding carboxylic acids is 1. The van der Waals surface area contributed by atoms with Crippen molar-refractivity contribution in [3.05, 3.63) is 130 Å². The summed E-state index contributed by atoms with van der Waals surface area (Å²) < 4.78 is 68.2. The molecule has 4 aromatic rings. The molecule has 43 heavy (non-hydrogen) atoms. The molecule has 222 valence electrons. The zero-order chi connectivity index (χ0) is 30.9. The van der Waals surface area contributed by atoms with Crippen LogP contribution in [0.1, 0.15) is 29.7 Å². The van der Waals surface area contributed by atoms with E-state index in [2.05, 4.69) is 4.99 Å². The highest BCUT2D eigenvalue weighted by Crippen LogP contribution is 2.38. The molecule has 6 nitrogen and oxygen atoms in total. The number of alkyl halides is 3. The fourth-order valence-corrected chi connectivity index (χ4v) is 5.75. The van der Waals surface area contributed by atoms with Gasteiger partial charge in [0.1, 0.15) is 18.2 Å². The van der Waals surface area contributed by atoms with Crippen molar-refractivity contribution in [2.75, 3.05) is 6.61 Å². The number of carbonyl (C=O) groups is 1. The van der Waals surface area contributed by atoms with Gasteiger partial charge in [0, 0.05) is 15.6 Å². The van der Waals surface area contributed by atoms with Crippen LogP contribution in [-0.4, -0.2) is 23.3 Å². The first-order valence-electron chi connectivity index (χ1n) is 12.7. The van der Waals surface area contributed by atoms with E-state index in [1.165, 1.54) is 55.5 Å². The van der Waals surface area contributed by atoms with Crippen LogP contribution in [-0.2, 0) is 16.1 Å². The summed E-state index contributed by atoms with van der Waals surface area (Å²) in [6.45, 7) is 1.33. The Kier molecular flexibility index (Phi) is 8.77. The number of aromatic nitrogens is 1. The number of ether oxygens (including phenoxy) is 2. The minimum Gasteiger partial charge on any atom is -0.488 e. The summed E-state index contributed by atoms with van der Waals surface area (Å²) in [6.07, 6.45) is -3.60. The second-order valence-corrected chi connectivity index (χ2v) is 11.1. The molecule has 1 atom stereocenters. The fourth-order valence-electron chi connectivity index (χ4n) is 4.45. The van der Waals surface area contributed by atoms with Crippen LogP contribution in [0.25, 0.3) is 6.08 Å². The summed E-state index contributed by atoms with van der Waals surface area (Å²) in [4.78, 5) is 30.3. The highest BCUT2D eigenvalue weighted by Gasteiger charge is 2.45. The van der Waals surface area contributed by atoms with Crippen LogP contribution in [0.3, 0.4) is 0 Å². The van der Waals surface area contributed by atoms with E-state index in [0.717, 1.165) is 4.57 Å². The zero-order valence-corrected chi connectivity index (χ0v) is 24.5. The van der Waals surface area contributed by atoms with E-state index in [1.807, 2.05) is 0 Å². The molecule has 0 spiro atoms. The molecule has 0 fully saturated rings. The Labute approximate surface area is 255 Å². The van der Waals surface area contributed by atoms with Crippen molar-refractivity contribution in [1.29, 1.82) is 0 Å². The predicted molar refractivity (Wildman–Crippen MR) is 154 cm³/mol. The molecule has 5 rings (SSSR count). The number of nitrogens with zero attached hydrogens (tertiary/aromatic N) is 2. The van der Waals surface area contributed by atoms with Crippen LogP contribution in [0, 0.1) is 5.82 Å². The number of fused-ring (bicyclic) bond motifs is 1. The van der Waals surface area contributed by atoms with Gasteiger partial charge in [-0.1, -0.05) is 58.8 Å². The molecule has 0 radical (unpaired) electrons. The SMILES string of the molecule is CCOC(=O)C1=C(C(F)(F)F)N=c2s/c(=C\c3cc(Cl)ccc3OCc3ccc(F)cc3)c(=O)n2[C@@H]1c1ccc(Cl)cc1. The Morgan fingerprint density at radius 3 is 2.37 bits per heavy atom. The van der Waals surface area contributed by atoms with Gasteiger partial charge < -0.3 is 9.47 Å². The zero-order valence-electron chi connectivity index (χ0n) is 22.1. The van der Waals surface area contributed by atoms with Crippen molar-refractivity contribution in [3.63, 3.8) is 0 Å². The van der Waals surface area contributed by atoms with Crippen LogP contribution in [0.15, 0.2) is 87.8 Å². The molecular weight excluding hydrogens is 631 g/mol. The number of hydrogen-bond acceptors (Lipinski definition) is 6. The molecule has 0 saturated carbocycles. The van der Waals surface area contributed by atoms with Crippen molar-refractivity contribution in [1.82, 2.24) is 4.57 Å². The third-order valence-corrected chi connectivity index (χ3v) is 7.82. The van der Waals surface area contributed by atoms with Gasteiger partial charge in [0.25, 0.3) is 5.56 Å². The molecule has 1 aliphatic rings. The lowest BCUT2D eigenvalue weighted by Gasteiger charge is -2.26. The van der Waals surface area contributed by atoms with Crippen molar-refractivity contribution < 1.29 is 31.8 Å². The van der Waals surface area contributed by atoms with E-state index in [4.69, 9.17) is 32.7 Å². The van der Waals surface area contributed by atoms with E-state index in [0.29, 0.717) is 38.3 Å². The van der Waals surface area contributed by atoms with Gasteiger partial charge in [0.15, 0.2) is 10.5 Å². The van der Waals surface area contributed by atoms with Crippen LogP contribution in [0.4, 0.5) is 17.6 Å². The Balaban J connectivity index is 1.68. The summed E-state index contributed by atoms with van der Waals surface area (Å²) in [7, 11) is 0.